The summed E-state index contributed by atoms with van der Waals surface area (Å²) >= 11 is 24.6. The molecule has 3 aromatic rings. The summed E-state index contributed by atoms with van der Waals surface area (Å²) < 4.78 is 34.1. The number of benzene rings is 3. The van der Waals surface area contributed by atoms with Crippen LogP contribution in [0.4, 0.5) is 0 Å². The largest absolute Gasteiger partial charge is 0.506 e. The summed E-state index contributed by atoms with van der Waals surface area (Å²) in [5, 5.41) is 18.9. The van der Waals surface area contributed by atoms with Gasteiger partial charge in [-0.15, -0.1) is 0 Å². The fourth-order valence-corrected chi connectivity index (χ4v) is 5.53. The van der Waals surface area contributed by atoms with Crippen LogP contribution in [0.25, 0.3) is 0 Å². The standard InChI is InChI=1S/C19H12Cl4O5S/c20-13-8-17(24)15(22)6-11(13)19(29(26,27)28,10-4-2-1-3-5-10)12-7-16(23)18(25)9-14(12)21/h1-9,24-25H,(H,26,27,28). The number of halogens is 4. The maximum Gasteiger partial charge on any atom is 0.283 e. The SMILES string of the molecule is O=S(=O)(O)C(c1ccccc1)(c1cc(Cl)c(O)cc1Cl)c1cc(Cl)c(O)cc1Cl. The van der Waals surface area contributed by atoms with Gasteiger partial charge < -0.3 is 10.2 Å². The third-order valence-electron chi connectivity index (χ3n) is 4.40. The second-order valence-electron chi connectivity index (χ2n) is 6.09. The zero-order valence-electron chi connectivity index (χ0n) is 14.3. The quantitative estimate of drug-likeness (QED) is 0.311. The Balaban J connectivity index is 2.62. The minimum absolute atomic E-state index is 0.0785. The molecular weight excluding hydrogens is 482 g/mol. The van der Waals surface area contributed by atoms with Crippen molar-refractivity contribution in [3.63, 3.8) is 0 Å². The van der Waals surface area contributed by atoms with Crippen LogP contribution in [0.2, 0.25) is 20.1 Å². The first kappa shape index (κ1) is 22.0. The van der Waals surface area contributed by atoms with E-state index in [1.54, 1.807) is 18.2 Å². The van der Waals surface area contributed by atoms with E-state index < -0.39 is 14.9 Å². The van der Waals surface area contributed by atoms with E-state index >= 15 is 0 Å². The van der Waals surface area contributed by atoms with Crippen LogP contribution in [0, 0.1) is 0 Å². The van der Waals surface area contributed by atoms with Crippen molar-refractivity contribution in [1.82, 2.24) is 0 Å². The number of phenols is 2. The predicted molar refractivity (Wildman–Crippen MR) is 114 cm³/mol. The van der Waals surface area contributed by atoms with Crippen LogP contribution in [0.5, 0.6) is 11.5 Å². The average molecular weight is 494 g/mol. The molecule has 29 heavy (non-hydrogen) atoms. The fraction of sp³-hybridized carbons (Fsp3) is 0.0526. The monoisotopic (exact) mass is 492 g/mol. The van der Waals surface area contributed by atoms with Crippen molar-refractivity contribution < 1.29 is 23.2 Å². The Bertz CT molecular complexity index is 1140. The predicted octanol–water partition coefficient (Wildman–Crippen LogP) is 5.89. The molecule has 0 aliphatic rings. The molecule has 3 aromatic carbocycles. The van der Waals surface area contributed by atoms with Gasteiger partial charge in [0, 0.05) is 33.3 Å². The number of rotatable bonds is 4. The van der Waals surface area contributed by atoms with Crippen LogP contribution in [0.15, 0.2) is 54.6 Å². The van der Waals surface area contributed by atoms with E-state index in [2.05, 4.69) is 0 Å². The van der Waals surface area contributed by atoms with Gasteiger partial charge in [-0.25, -0.2) is 0 Å². The highest BCUT2D eigenvalue weighted by molar-refractivity contribution is 7.87. The van der Waals surface area contributed by atoms with Gasteiger partial charge in [0.25, 0.3) is 10.1 Å². The minimum atomic E-state index is -5.04. The highest BCUT2D eigenvalue weighted by atomic mass is 35.5. The Kier molecular flexibility index (Phi) is 5.98. The Hall–Kier alpha value is -1.67. The summed E-state index contributed by atoms with van der Waals surface area (Å²) in [6.45, 7) is 0. The van der Waals surface area contributed by atoms with Gasteiger partial charge in [-0.05, 0) is 17.7 Å². The summed E-state index contributed by atoms with van der Waals surface area (Å²) in [7, 11) is -5.04. The lowest BCUT2D eigenvalue weighted by Gasteiger charge is -2.34. The third kappa shape index (κ3) is 3.65. The molecule has 0 aromatic heterocycles. The molecule has 10 heteroatoms. The van der Waals surface area contributed by atoms with E-state index in [0.717, 1.165) is 24.3 Å². The molecular formula is C19H12Cl4O5S. The lowest BCUT2D eigenvalue weighted by atomic mass is 9.83. The highest BCUT2D eigenvalue weighted by Crippen LogP contribution is 2.51. The van der Waals surface area contributed by atoms with Gasteiger partial charge in [0.05, 0.1) is 10.0 Å². The second kappa shape index (κ2) is 7.87. The van der Waals surface area contributed by atoms with Crippen LogP contribution in [-0.4, -0.2) is 23.2 Å². The maximum atomic E-state index is 13.0. The van der Waals surface area contributed by atoms with Crippen LogP contribution in [-0.2, 0) is 14.9 Å². The van der Waals surface area contributed by atoms with E-state index in [4.69, 9.17) is 46.4 Å². The van der Waals surface area contributed by atoms with Crippen molar-refractivity contribution in [3.8, 4) is 11.5 Å². The molecule has 0 heterocycles. The smallest absolute Gasteiger partial charge is 0.283 e. The van der Waals surface area contributed by atoms with Crippen LogP contribution < -0.4 is 0 Å². The zero-order valence-corrected chi connectivity index (χ0v) is 18.1. The molecule has 0 fully saturated rings. The zero-order chi connectivity index (χ0) is 21.6. The van der Waals surface area contributed by atoms with Crippen molar-refractivity contribution in [2.75, 3.05) is 0 Å². The number of hydrogen-bond acceptors (Lipinski definition) is 4. The normalized spacial score (nSPS) is 12.2. The van der Waals surface area contributed by atoms with E-state index in [-0.39, 0.29) is 48.3 Å². The summed E-state index contributed by atoms with van der Waals surface area (Å²) in [6.07, 6.45) is 0. The van der Waals surface area contributed by atoms with Crippen LogP contribution in [0.3, 0.4) is 0 Å². The van der Waals surface area contributed by atoms with Gasteiger partial charge in [-0.1, -0.05) is 76.7 Å². The number of phenolic OH excluding ortho intramolecular Hbond substituents is 2. The molecule has 0 saturated carbocycles. The molecule has 0 atom stereocenters. The molecule has 0 saturated heterocycles. The first-order valence-electron chi connectivity index (χ1n) is 7.89. The van der Waals surface area contributed by atoms with Crippen LogP contribution >= 0.6 is 46.4 Å². The molecule has 0 radical (unpaired) electrons. The van der Waals surface area contributed by atoms with Crippen molar-refractivity contribution in [2.24, 2.45) is 0 Å². The number of aromatic hydroxyl groups is 2. The molecule has 3 N–H and O–H groups in total. The molecule has 152 valence electrons. The van der Waals surface area contributed by atoms with Gasteiger partial charge in [0.15, 0.2) is 4.75 Å². The van der Waals surface area contributed by atoms with Gasteiger partial charge in [0.1, 0.15) is 11.5 Å². The van der Waals surface area contributed by atoms with Gasteiger partial charge in [-0.2, -0.15) is 8.42 Å². The van der Waals surface area contributed by atoms with E-state index in [1.165, 1.54) is 12.1 Å². The molecule has 5 nitrogen and oxygen atoms in total. The minimum Gasteiger partial charge on any atom is -0.506 e. The molecule has 0 aliphatic carbocycles. The summed E-state index contributed by atoms with van der Waals surface area (Å²) in [5.41, 5.74) is -0.256. The fourth-order valence-electron chi connectivity index (χ4n) is 3.17. The van der Waals surface area contributed by atoms with Gasteiger partial charge in [-0.3, -0.25) is 4.55 Å². The van der Waals surface area contributed by atoms with Crippen LogP contribution in [0.1, 0.15) is 16.7 Å². The maximum absolute atomic E-state index is 13.0. The molecule has 0 unspecified atom stereocenters. The first-order valence-corrected chi connectivity index (χ1v) is 10.8. The first-order chi connectivity index (χ1) is 13.5. The van der Waals surface area contributed by atoms with Gasteiger partial charge in [0.2, 0.25) is 0 Å². The summed E-state index contributed by atoms with van der Waals surface area (Å²) in [5.74, 6) is -0.764. The Labute approximate surface area is 186 Å². The van der Waals surface area contributed by atoms with E-state index in [0.29, 0.717) is 0 Å². The third-order valence-corrected chi connectivity index (χ3v) is 7.08. The Morgan fingerprint density at radius 1 is 0.690 bits per heavy atom. The van der Waals surface area contributed by atoms with Crippen molar-refractivity contribution in [1.29, 1.82) is 0 Å². The molecule has 0 aliphatic heterocycles. The second-order valence-corrected chi connectivity index (χ2v) is 9.28. The number of hydrogen-bond donors (Lipinski definition) is 3. The van der Waals surface area contributed by atoms with E-state index in [9.17, 15) is 23.2 Å². The lowest BCUT2D eigenvalue weighted by molar-refractivity contribution is 0.456. The van der Waals surface area contributed by atoms with Crippen molar-refractivity contribution in [3.05, 3.63) is 91.4 Å². The van der Waals surface area contributed by atoms with Crippen molar-refractivity contribution >= 4 is 56.5 Å². The Morgan fingerprint density at radius 3 is 1.48 bits per heavy atom. The lowest BCUT2D eigenvalue weighted by Crippen LogP contribution is -2.39. The van der Waals surface area contributed by atoms with Gasteiger partial charge >= 0.3 is 0 Å². The van der Waals surface area contributed by atoms with E-state index in [1.807, 2.05) is 0 Å². The summed E-state index contributed by atoms with van der Waals surface area (Å²) in [6, 6.07) is 12.0. The molecule has 3 rings (SSSR count). The summed E-state index contributed by atoms with van der Waals surface area (Å²) in [4.78, 5) is 0. The highest BCUT2D eigenvalue weighted by Gasteiger charge is 2.51. The molecule has 0 bridgehead atoms. The molecule has 0 spiro atoms. The molecule has 0 amide bonds. The van der Waals surface area contributed by atoms with Crippen molar-refractivity contribution in [2.45, 2.75) is 4.75 Å². The Morgan fingerprint density at radius 2 is 1.10 bits per heavy atom. The topological polar surface area (TPSA) is 94.8 Å². The average Bonchev–Trinajstić information content (AvgIpc) is 2.63.